The monoisotopic (exact) mass is 364 g/mol. The molecule has 8 heteroatoms. The number of anilines is 1. The van der Waals surface area contributed by atoms with Gasteiger partial charge in [-0.1, -0.05) is 5.16 Å². The van der Waals surface area contributed by atoms with Crippen LogP contribution in [0, 0.1) is 0 Å². The zero-order valence-corrected chi connectivity index (χ0v) is 15.1. The quantitative estimate of drug-likeness (QED) is 0.767. The Hall–Kier alpha value is -3.00. The lowest BCUT2D eigenvalue weighted by molar-refractivity contribution is -0.117. The molecule has 2 aromatic heterocycles. The molecule has 0 bridgehead atoms. The van der Waals surface area contributed by atoms with Crippen LogP contribution in [0.3, 0.4) is 0 Å². The molecule has 0 aliphatic carbocycles. The SMILES string of the molecule is CC1Cn2nc(-c3nc(-c4ccc(N5CCCC5=O)cc4)no3)cc2CN1. The van der Waals surface area contributed by atoms with Crippen molar-refractivity contribution in [3.8, 4) is 23.0 Å². The number of nitrogens with one attached hydrogen (secondary N) is 1. The molecule has 0 saturated carbocycles. The molecule has 5 rings (SSSR count). The van der Waals surface area contributed by atoms with E-state index in [4.69, 9.17) is 4.52 Å². The largest absolute Gasteiger partial charge is 0.332 e. The van der Waals surface area contributed by atoms with Crippen LogP contribution in [0.1, 0.15) is 25.5 Å². The van der Waals surface area contributed by atoms with Crippen molar-refractivity contribution in [2.75, 3.05) is 11.4 Å². The lowest BCUT2D eigenvalue weighted by atomic mass is 10.2. The lowest BCUT2D eigenvalue weighted by Crippen LogP contribution is -2.36. The third-order valence-electron chi connectivity index (χ3n) is 5.10. The highest BCUT2D eigenvalue weighted by Gasteiger charge is 2.22. The molecule has 0 radical (unpaired) electrons. The molecule has 27 heavy (non-hydrogen) atoms. The van der Waals surface area contributed by atoms with Gasteiger partial charge in [0.25, 0.3) is 5.89 Å². The maximum absolute atomic E-state index is 11.9. The summed E-state index contributed by atoms with van der Waals surface area (Å²) in [6, 6.07) is 10.1. The standard InChI is InChI=1S/C19H20N6O2/c1-12-11-25-15(10-20-12)9-16(22-25)19-21-18(23-27-19)13-4-6-14(7-5-13)24-8-2-3-17(24)26/h4-7,9,12,20H,2-3,8,10-11H2,1H3. The van der Waals surface area contributed by atoms with E-state index < -0.39 is 0 Å². The number of nitrogens with zero attached hydrogens (tertiary/aromatic N) is 5. The number of amides is 1. The molecule has 1 atom stereocenters. The van der Waals surface area contributed by atoms with Crippen LogP contribution in [0.5, 0.6) is 0 Å². The van der Waals surface area contributed by atoms with Gasteiger partial charge >= 0.3 is 0 Å². The first-order valence-electron chi connectivity index (χ1n) is 9.22. The van der Waals surface area contributed by atoms with Crippen LogP contribution in [-0.2, 0) is 17.9 Å². The van der Waals surface area contributed by atoms with Gasteiger partial charge in [-0.05, 0) is 43.7 Å². The predicted molar refractivity (Wildman–Crippen MR) is 98.8 cm³/mol. The molecule has 1 aromatic carbocycles. The highest BCUT2D eigenvalue weighted by molar-refractivity contribution is 5.95. The molecule has 3 aromatic rings. The van der Waals surface area contributed by atoms with Crippen molar-refractivity contribution in [2.45, 2.75) is 38.9 Å². The summed E-state index contributed by atoms with van der Waals surface area (Å²) < 4.78 is 7.42. The van der Waals surface area contributed by atoms with Gasteiger partial charge in [0.2, 0.25) is 11.7 Å². The summed E-state index contributed by atoms with van der Waals surface area (Å²) in [5.41, 5.74) is 3.56. The van der Waals surface area contributed by atoms with Gasteiger partial charge in [0, 0.05) is 36.8 Å². The maximum atomic E-state index is 11.9. The minimum atomic E-state index is 0.178. The minimum Gasteiger partial charge on any atom is -0.332 e. The zero-order chi connectivity index (χ0) is 18.4. The molecule has 1 N–H and O–H groups in total. The van der Waals surface area contributed by atoms with Gasteiger partial charge in [0.15, 0.2) is 5.69 Å². The number of hydrogen-bond acceptors (Lipinski definition) is 6. The van der Waals surface area contributed by atoms with Gasteiger partial charge in [0.1, 0.15) is 0 Å². The zero-order valence-electron chi connectivity index (χ0n) is 15.1. The second-order valence-corrected chi connectivity index (χ2v) is 7.10. The molecule has 138 valence electrons. The van der Waals surface area contributed by atoms with E-state index in [1.807, 2.05) is 39.9 Å². The maximum Gasteiger partial charge on any atom is 0.278 e. The molecule has 2 aliphatic heterocycles. The van der Waals surface area contributed by atoms with Crippen LogP contribution in [0.25, 0.3) is 23.0 Å². The van der Waals surface area contributed by atoms with Crippen molar-refractivity contribution >= 4 is 11.6 Å². The second kappa shape index (κ2) is 6.31. The summed E-state index contributed by atoms with van der Waals surface area (Å²) in [5.74, 6) is 1.11. The van der Waals surface area contributed by atoms with Crippen LogP contribution in [0.4, 0.5) is 5.69 Å². The van der Waals surface area contributed by atoms with E-state index in [0.29, 0.717) is 29.9 Å². The molecule has 0 spiro atoms. The van der Waals surface area contributed by atoms with Crippen LogP contribution in [-0.4, -0.2) is 38.4 Å². The molecule has 8 nitrogen and oxygen atoms in total. The molecule has 1 unspecified atom stereocenters. The van der Waals surface area contributed by atoms with E-state index in [-0.39, 0.29) is 5.91 Å². The average molecular weight is 364 g/mol. The summed E-state index contributed by atoms with van der Waals surface area (Å²) in [6.45, 7) is 4.52. The van der Waals surface area contributed by atoms with E-state index in [2.05, 4.69) is 27.5 Å². The Morgan fingerprint density at radius 2 is 2.11 bits per heavy atom. The normalized spacial score (nSPS) is 19.5. The topological polar surface area (TPSA) is 89.1 Å². The van der Waals surface area contributed by atoms with Gasteiger partial charge in [-0.15, -0.1) is 0 Å². The second-order valence-electron chi connectivity index (χ2n) is 7.10. The summed E-state index contributed by atoms with van der Waals surface area (Å²) in [7, 11) is 0. The molecule has 1 saturated heterocycles. The number of benzene rings is 1. The first kappa shape index (κ1) is 16.2. The molecule has 1 fully saturated rings. The molecular weight excluding hydrogens is 344 g/mol. The Balaban J connectivity index is 1.38. The van der Waals surface area contributed by atoms with Gasteiger partial charge in [-0.25, -0.2) is 0 Å². The van der Waals surface area contributed by atoms with E-state index in [9.17, 15) is 4.79 Å². The van der Waals surface area contributed by atoms with Crippen LogP contribution in [0.15, 0.2) is 34.9 Å². The highest BCUT2D eigenvalue weighted by atomic mass is 16.5. The van der Waals surface area contributed by atoms with Gasteiger partial charge in [-0.3, -0.25) is 9.48 Å². The van der Waals surface area contributed by atoms with Crippen LogP contribution in [0.2, 0.25) is 0 Å². The van der Waals surface area contributed by atoms with Crippen molar-refractivity contribution in [1.82, 2.24) is 25.2 Å². The van der Waals surface area contributed by atoms with Crippen molar-refractivity contribution in [2.24, 2.45) is 0 Å². The summed E-state index contributed by atoms with van der Waals surface area (Å²) in [5, 5.41) is 12.1. The fourth-order valence-electron chi connectivity index (χ4n) is 3.62. The summed E-state index contributed by atoms with van der Waals surface area (Å²) in [4.78, 5) is 18.2. The average Bonchev–Trinajstić information content (AvgIpc) is 3.40. The number of hydrogen-bond donors (Lipinski definition) is 1. The van der Waals surface area contributed by atoms with Crippen LogP contribution >= 0.6 is 0 Å². The Morgan fingerprint density at radius 3 is 2.89 bits per heavy atom. The number of carbonyl (C=O) groups is 1. The fraction of sp³-hybridized carbons (Fsp3) is 0.368. The predicted octanol–water partition coefficient (Wildman–Crippen LogP) is 2.22. The van der Waals surface area contributed by atoms with E-state index in [0.717, 1.165) is 43.0 Å². The van der Waals surface area contributed by atoms with E-state index >= 15 is 0 Å². The first-order chi connectivity index (χ1) is 13.2. The summed E-state index contributed by atoms with van der Waals surface area (Å²) >= 11 is 0. The molecule has 4 heterocycles. The van der Waals surface area contributed by atoms with E-state index in [1.54, 1.807) is 0 Å². The number of carbonyl (C=O) groups excluding carboxylic acids is 1. The number of aromatic nitrogens is 4. The Labute approximate surface area is 156 Å². The third-order valence-corrected chi connectivity index (χ3v) is 5.10. The van der Waals surface area contributed by atoms with Crippen molar-refractivity contribution in [3.63, 3.8) is 0 Å². The number of fused-ring (bicyclic) bond motifs is 1. The van der Waals surface area contributed by atoms with E-state index in [1.165, 1.54) is 0 Å². The smallest absolute Gasteiger partial charge is 0.278 e. The fourth-order valence-corrected chi connectivity index (χ4v) is 3.62. The lowest BCUT2D eigenvalue weighted by Gasteiger charge is -2.21. The van der Waals surface area contributed by atoms with Crippen LogP contribution < -0.4 is 10.2 Å². The Bertz CT molecular complexity index is 990. The third kappa shape index (κ3) is 2.91. The van der Waals surface area contributed by atoms with Gasteiger partial charge < -0.3 is 14.7 Å². The van der Waals surface area contributed by atoms with Gasteiger partial charge in [-0.2, -0.15) is 10.1 Å². The first-order valence-corrected chi connectivity index (χ1v) is 9.22. The molecule has 2 aliphatic rings. The van der Waals surface area contributed by atoms with Crippen molar-refractivity contribution in [3.05, 3.63) is 36.0 Å². The molecule has 1 amide bonds. The van der Waals surface area contributed by atoms with Crippen molar-refractivity contribution < 1.29 is 9.32 Å². The highest BCUT2D eigenvalue weighted by Crippen LogP contribution is 2.26. The van der Waals surface area contributed by atoms with Crippen molar-refractivity contribution in [1.29, 1.82) is 0 Å². The Kier molecular flexibility index (Phi) is 3.78. The van der Waals surface area contributed by atoms with Gasteiger partial charge in [0.05, 0.1) is 12.2 Å². The summed E-state index contributed by atoms with van der Waals surface area (Å²) in [6.07, 6.45) is 1.54. The number of rotatable bonds is 3. The minimum absolute atomic E-state index is 0.178. The Morgan fingerprint density at radius 1 is 1.26 bits per heavy atom. The molecular formula is C19H20N6O2.